The van der Waals surface area contributed by atoms with Gasteiger partial charge in [0.25, 0.3) is 0 Å². The predicted molar refractivity (Wildman–Crippen MR) is 61.5 cm³/mol. The summed E-state index contributed by atoms with van der Waals surface area (Å²) in [5, 5.41) is 0. The van der Waals surface area contributed by atoms with Gasteiger partial charge in [-0.05, 0) is 6.42 Å². The Morgan fingerprint density at radius 2 is 2.62 bits per heavy atom. The van der Waals surface area contributed by atoms with Gasteiger partial charge in [0.2, 0.25) is 0 Å². The fourth-order valence-corrected chi connectivity index (χ4v) is 2.06. The molecule has 1 aromatic heterocycles. The number of hydrogen-bond acceptors (Lipinski definition) is 3. The van der Waals surface area contributed by atoms with Gasteiger partial charge in [0.15, 0.2) is 0 Å². The van der Waals surface area contributed by atoms with Crippen LogP contribution >= 0.6 is 0 Å². The second kappa shape index (κ2) is 5.15. The number of nitrogens with two attached hydrogens (primary N) is 1. The van der Waals surface area contributed by atoms with E-state index in [0.29, 0.717) is 12.3 Å². The maximum absolute atomic E-state index is 6.22. The molecule has 0 aromatic carbocycles. The number of terminal acetylenes is 1. The van der Waals surface area contributed by atoms with Gasteiger partial charge < -0.3 is 15.0 Å². The molecule has 2 unspecified atom stereocenters. The van der Waals surface area contributed by atoms with E-state index in [-0.39, 0.29) is 6.04 Å². The fourth-order valence-electron chi connectivity index (χ4n) is 2.06. The minimum Gasteiger partial charge on any atom is -0.381 e. The first-order valence-corrected chi connectivity index (χ1v) is 5.59. The minimum absolute atomic E-state index is 0.00257. The first-order chi connectivity index (χ1) is 7.83. The van der Waals surface area contributed by atoms with Crippen LogP contribution in [0.15, 0.2) is 12.5 Å². The van der Waals surface area contributed by atoms with Gasteiger partial charge in [0.05, 0.1) is 24.7 Å². The van der Waals surface area contributed by atoms with Gasteiger partial charge in [-0.3, -0.25) is 0 Å². The van der Waals surface area contributed by atoms with Crippen molar-refractivity contribution in [1.29, 1.82) is 0 Å². The van der Waals surface area contributed by atoms with Crippen molar-refractivity contribution < 1.29 is 4.74 Å². The van der Waals surface area contributed by atoms with Crippen LogP contribution in [-0.2, 0) is 11.3 Å². The summed E-state index contributed by atoms with van der Waals surface area (Å²) < 4.78 is 7.40. The molecule has 1 aromatic rings. The highest BCUT2D eigenvalue weighted by Crippen LogP contribution is 2.26. The molecule has 16 heavy (non-hydrogen) atoms. The molecule has 0 spiro atoms. The largest absolute Gasteiger partial charge is 0.381 e. The van der Waals surface area contributed by atoms with E-state index in [1.54, 1.807) is 6.33 Å². The van der Waals surface area contributed by atoms with Crippen molar-refractivity contribution in [2.45, 2.75) is 25.4 Å². The number of ether oxygens (including phenoxy) is 1. The molecule has 1 fully saturated rings. The summed E-state index contributed by atoms with van der Waals surface area (Å²) in [5.41, 5.74) is 7.29. The van der Waals surface area contributed by atoms with E-state index in [2.05, 4.69) is 10.9 Å². The van der Waals surface area contributed by atoms with E-state index in [4.69, 9.17) is 16.9 Å². The molecule has 2 N–H and O–H groups in total. The summed E-state index contributed by atoms with van der Waals surface area (Å²) in [5.74, 6) is 3.03. The maximum Gasteiger partial charge on any atom is 0.0948 e. The molecule has 0 bridgehead atoms. The van der Waals surface area contributed by atoms with Gasteiger partial charge >= 0.3 is 0 Å². The van der Waals surface area contributed by atoms with Crippen molar-refractivity contribution in [1.82, 2.24) is 9.55 Å². The quantitative estimate of drug-likeness (QED) is 0.767. The van der Waals surface area contributed by atoms with Crippen LogP contribution < -0.4 is 5.73 Å². The second-order valence-electron chi connectivity index (χ2n) is 4.12. The smallest absolute Gasteiger partial charge is 0.0948 e. The third-order valence-corrected chi connectivity index (χ3v) is 3.06. The number of imidazole rings is 1. The van der Waals surface area contributed by atoms with E-state index < -0.39 is 0 Å². The number of hydrogen-bond donors (Lipinski definition) is 1. The van der Waals surface area contributed by atoms with Crippen molar-refractivity contribution in [2.75, 3.05) is 13.2 Å². The Morgan fingerprint density at radius 3 is 3.31 bits per heavy atom. The van der Waals surface area contributed by atoms with Crippen molar-refractivity contribution >= 4 is 0 Å². The molecule has 0 radical (unpaired) electrons. The molecule has 0 amide bonds. The second-order valence-corrected chi connectivity index (χ2v) is 4.12. The molecule has 86 valence electrons. The van der Waals surface area contributed by atoms with Crippen LogP contribution in [-0.4, -0.2) is 22.8 Å². The van der Waals surface area contributed by atoms with E-state index in [1.807, 2.05) is 10.8 Å². The predicted octanol–water partition coefficient (Wildman–Crippen LogP) is 0.943. The van der Waals surface area contributed by atoms with Gasteiger partial charge in [-0.15, -0.1) is 12.3 Å². The summed E-state index contributed by atoms with van der Waals surface area (Å²) in [6, 6.07) is 0.00257. The molecule has 1 aliphatic heterocycles. The van der Waals surface area contributed by atoms with Crippen LogP contribution in [0.1, 0.15) is 24.6 Å². The molecule has 2 atom stereocenters. The van der Waals surface area contributed by atoms with Crippen molar-refractivity contribution in [3.05, 3.63) is 18.2 Å². The van der Waals surface area contributed by atoms with Crippen molar-refractivity contribution in [2.24, 2.45) is 11.7 Å². The lowest BCUT2D eigenvalue weighted by Crippen LogP contribution is -2.24. The van der Waals surface area contributed by atoms with Crippen LogP contribution in [0.5, 0.6) is 0 Å². The summed E-state index contributed by atoms with van der Waals surface area (Å²) in [7, 11) is 0. The van der Waals surface area contributed by atoms with E-state index in [1.165, 1.54) is 0 Å². The lowest BCUT2D eigenvalue weighted by Gasteiger charge is -2.19. The van der Waals surface area contributed by atoms with Crippen molar-refractivity contribution in [3.63, 3.8) is 0 Å². The molecule has 0 saturated carbocycles. The number of aromatic nitrogens is 2. The Kier molecular flexibility index (Phi) is 3.60. The van der Waals surface area contributed by atoms with E-state index >= 15 is 0 Å². The normalized spacial score (nSPS) is 21.9. The molecule has 4 heteroatoms. The van der Waals surface area contributed by atoms with E-state index in [9.17, 15) is 0 Å². The molecule has 0 aliphatic carbocycles. The molecule has 2 rings (SSSR count). The molecular weight excluding hydrogens is 202 g/mol. The molecule has 1 aliphatic rings. The van der Waals surface area contributed by atoms with E-state index in [0.717, 1.165) is 31.9 Å². The van der Waals surface area contributed by atoms with Crippen LogP contribution in [0.4, 0.5) is 0 Å². The fraction of sp³-hybridized carbons (Fsp3) is 0.583. The molecule has 2 heterocycles. The topological polar surface area (TPSA) is 53.1 Å². The Hall–Kier alpha value is -1.31. The number of aryl methyl sites for hydroxylation is 1. The van der Waals surface area contributed by atoms with Crippen LogP contribution in [0, 0.1) is 18.3 Å². The van der Waals surface area contributed by atoms with Crippen molar-refractivity contribution in [3.8, 4) is 12.3 Å². The monoisotopic (exact) mass is 219 g/mol. The SMILES string of the molecule is C#CCCn1cncc1C(N)C1CCOC1. The van der Waals surface area contributed by atoms with Crippen LogP contribution in [0.3, 0.4) is 0 Å². The minimum atomic E-state index is 0.00257. The summed E-state index contributed by atoms with van der Waals surface area (Å²) in [4.78, 5) is 4.14. The maximum atomic E-state index is 6.22. The average molecular weight is 219 g/mol. The first-order valence-electron chi connectivity index (χ1n) is 5.59. The van der Waals surface area contributed by atoms with Gasteiger partial charge in [-0.2, -0.15) is 0 Å². The zero-order chi connectivity index (χ0) is 11.4. The standard InChI is InChI=1S/C12H17N3O/c1-2-3-5-15-9-14-7-11(15)12(13)10-4-6-16-8-10/h1,7,9-10,12H,3-6,8,13H2. The number of nitrogens with zero attached hydrogens (tertiary/aromatic N) is 2. The highest BCUT2D eigenvalue weighted by Gasteiger charge is 2.26. The first kappa shape index (κ1) is 11.2. The molecule has 1 saturated heterocycles. The average Bonchev–Trinajstić information content (AvgIpc) is 2.96. The third kappa shape index (κ3) is 2.26. The lowest BCUT2D eigenvalue weighted by molar-refractivity contribution is 0.180. The molecule has 4 nitrogen and oxygen atoms in total. The Labute approximate surface area is 95.8 Å². The highest BCUT2D eigenvalue weighted by molar-refractivity contribution is 5.07. The van der Waals surface area contributed by atoms with Gasteiger partial charge in [-0.25, -0.2) is 4.98 Å². The number of rotatable bonds is 4. The van der Waals surface area contributed by atoms with Crippen LogP contribution in [0.25, 0.3) is 0 Å². The zero-order valence-electron chi connectivity index (χ0n) is 9.30. The third-order valence-electron chi connectivity index (χ3n) is 3.06. The van der Waals surface area contributed by atoms with Gasteiger partial charge in [-0.1, -0.05) is 0 Å². The van der Waals surface area contributed by atoms with Gasteiger partial charge in [0.1, 0.15) is 0 Å². The van der Waals surface area contributed by atoms with Gasteiger partial charge in [0, 0.05) is 31.7 Å². The zero-order valence-corrected chi connectivity index (χ0v) is 9.30. The Bertz CT molecular complexity index is 374. The molecular formula is C12H17N3O. The Morgan fingerprint density at radius 1 is 1.75 bits per heavy atom. The summed E-state index contributed by atoms with van der Waals surface area (Å²) in [6.07, 6.45) is 10.6. The lowest BCUT2D eigenvalue weighted by atomic mass is 9.97. The Balaban J connectivity index is 2.07. The summed E-state index contributed by atoms with van der Waals surface area (Å²) in [6.45, 7) is 2.35. The summed E-state index contributed by atoms with van der Waals surface area (Å²) >= 11 is 0. The highest BCUT2D eigenvalue weighted by atomic mass is 16.5. The van der Waals surface area contributed by atoms with Crippen LogP contribution in [0.2, 0.25) is 0 Å².